The number of thiazole rings is 2. The van der Waals surface area contributed by atoms with Gasteiger partial charge in [0.05, 0.1) is 5.69 Å². The summed E-state index contributed by atoms with van der Waals surface area (Å²) in [6.45, 7) is 1.42. The Kier molecular flexibility index (Phi) is 5.55. The Bertz CT molecular complexity index is 1220. The number of nitrogens with zero attached hydrogens (tertiary/aromatic N) is 2. The van der Waals surface area contributed by atoms with Gasteiger partial charge in [0.2, 0.25) is 5.91 Å². The summed E-state index contributed by atoms with van der Waals surface area (Å²) in [5.41, 5.74) is 8.90. The van der Waals surface area contributed by atoms with Crippen molar-refractivity contribution in [3.63, 3.8) is 0 Å². The largest absolute Gasteiger partial charge is 0.382 e. The monoisotopic (exact) mass is 435 g/mol. The minimum absolute atomic E-state index is 0.172. The van der Waals surface area contributed by atoms with Crippen molar-refractivity contribution in [3.8, 4) is 21.1 Å². The van der Waals surface area contributed by atoms with Crippen molar-refractivity contribution in [1.82, 2.24) is 9.97 Å². The van der Waals surface area contributed by atoms with Gasteiger partial charge >= 0.3 is 0 Å². The maximum Gasteiger partial charge on any atom is 0.255 e. The molecule has 2 amide bonds. The van der Waals surface area contributed by atoms with Crippen LogP contribution in [0.5, 0.6) is 0 Å². The molecule has 30 heavy (non-hydrogen) atoms. The van der Waals surface area contributed by atoms with Crippen LogP contribution in [-0.4, -0.2) is 21.8 Å². The highest BCUT2D eigenvalue weighted by atomic mass is 32.1. The number of carbonyl (C=O) groups excluding carboxylic acids is 2. The van der Waals surface area contributed by atoms with Gasteiger partial charge in [0.15, 0.2) is 5.13 Å². The summed E-state index contributed by atoms with van der Waals surface area (Å²) in [6, 6.07) is 16.5. The highest BCUT2D eigenvalue weighted by Crippen LogP contribution is 2.38. The van der Waals surface area contributed by atoms with Gasteiger partial charge in [0.1, 0.15) is 15.7 Å². The van der Waals surface area contributed by atoms with E-state index in [1.807, 2.05) is 47.8 Å². The van der Waals surface area contributed by atoms with Gasteiger partial charge in [0.25, 0.3) is 5.91 Å². The van der Waals surface area contributed by atoms with E-state index in [-0.39, 0.29) is 11.8 Å². The summed E-state index contributed by atoms with van der Waals surface area (Å²) in [4.78, 5) is 33.2. The summed E-state index contributed by atoms with van der Waals surface area (Å²) < 4.78 is 0. The lowest BCUT2D eigenvalue weighted by atomic mass is 10.1. The van der Waals surface area contributed by atoms with Crippen LogP contribution in [0.25, 0.3) is 21.1 Å². The van der Waals surface area contributed by atoms with Gasteiger partial charge in [-0.15, -0.1) is 11.3 Å². The van der Waals surface area contributed by atoms with Crippen molar-refractivity contribution in [2.45, 2.75) is 6.92 Å². The van der Waals surface area contributed by atoms with Crippen LogP contribution < -0.4 is 16.4 Å². The molecule has 0 spiro atoms. The molecule has 0 unspecified atom stereocenters. The Morgan fingerprint density at radius 2 is 1.80 bits per heavy atom. The second-order valence-corrected chi connectivity index (χ2v) is 8.21. The van der Waals surface area contributed by atoms with Gasteiger partial charge in [0, 0.05) is 29.1 Å². The first-order valence-electron chi connectivity index (χ1n) is 8.96. The number of aromatic nitrogens is 2. The summed E-state index contributed by atoms with van der Waals surface area (Å²) in [5, 5.41) is 8.63. The first-order chi connectivity index (χ1) is 14.5. The summed E-state index contributed by atoms with van der Waals surface area (Å²) >= 11 is 2.72. The molecule has 7 nitrogen and oxygen atoms in total. The molecule has 0 saturated carbocycles. The Morgan fingerprint density at radius 1 is 1.00 bits per heavy atom. The maximum atomic E-state index is 12.4. The molecular formula is C21H17N5O2S2. The molecule has 0 bridgehead atoms. The Hall–Kier alpha value is -3.56. The fourth-order valence-corrected chi connectivity index (χ4v) is 4.61. The number of rotatable bonds is 5. The molecule has 0 aliphatic carbocycles. The minimum Gasteiger partial charge on any atom is -0.382 e. The molecule has 2 aromatic heterocycles. The van der Waals surface area contributed by atoms with Crippen LogP contribution in [0.15, 0.2) is 60.0 Å². The van der Waals surface area contributed by atoms with Crippen molar-refractivity contribution in [2.24, 2.45) is 0 Å². The SMILES string of the molecule is CC(=O)Nc1nc(N)c(-c2nc(-c3cccc(NC(=O)c4ccccc4)c3)cs2)s1. The van der Waals surface area contributed by atoms with Crippen LogP contribution in [0.3, 0.4) is 0 Å². The van der Waals surface area contributed by atoms with E-state index in [0.29, 0.717) is 27.1 Å². The highest BCUT2D eigenvalue weighted by molar-refractivity contribution is 7.23. The third-order valence-corrected chi connectivity index (χ3v) is 6.07. The number of anilines is 3. The number of hydrogen-bond acceptors (Lipinski definition) is 7. The average molecular weight is 436 g/mol. The van der Waals surface area contributed by atoms with E-state index in [1.54, 1.807) is 12.1 Å². The molecule has 2 heterocycles. The number of benzene rings is 2. The van der Waals surface area contributed by atoms with Crippen molar-refractivity contribution < 1.29 is 9.59 Å². The number of amides is 2. The van der Waals surface area contributed by atoms with Crippen molar-refractivity contribution >= 4 is 51.1 Å². The third-order valence-electron chi connectivity index (χ3n) is 4.09. The maximum absolute atomic E-state index is 12.4. The molecule has 0 atom stereocenters. The van der Waals surface area contributed by atoms with Crippen molar-refractivity contribution in [2.75, 3.05) is 16.4 Å². The van der Waals surface area contributed by atoms with Crippen LogP contribution in [0.2, 0.25) is 0 Å². The summed E-state index contributed by atoms with van der Waals surface area (Å²) in [6.07, 6.45) is 0. The molecule has 0 radical (unpaired) electrons. The standard InChI is InChI=1S/C21H17N5O2S2/c1-12(27)23-21-26-18(22)17(30-21)20-25-16(11-29-20)14-8-5-9-15(10-14)24-19(28)13-6-3-2-4-7-13/h2-11H,22H2,1H3,(H,24,28)(H,23,26,27). The molecule has 150 valence electrons. The Balaban J connectivity index is 1.55. The molecule has 0 fully saturated rings. The molecular weight excluding hydrogens is 418 g/mol. The van der Waals surface area contributed by atoms with Gasteiger partial charge in [-0.3, -0.25) is 9.59 Å². The lowest BCUT2D eigenvalue weighted by Gasteiger charge is -2.06. The number of nitrogens with two attached hydrogens (primary N) is 1. The van der Waals surface area contributed by atoms with E-state index in [0.717, 1.165) is 16.3 Å². The smallest absolute Gasteiger partial charge is 0.255 e. The predicted octanol–water partition coefficient (Wildman–Crippen LogP) is 4.73. The zero-order chi connectivity index (χ0) is 21.1. The molecule has 2 aromatic carbocycles. The Labute approximate surface area is 180 Å². The topological polar surface area (TPSA) is 110 Å². The predicted molar refractivity (Wildman–Crippen MR) is 122 cm³/mol. The normalized spacial score (nSPS) is 10.6. The van der Waals surface area contributed by atoms with E-state index in [9.17, 15) is 9.59 Å². The fraction of sp³-hybridized carbons (Fsp3) is 0.0476. The summed E-state index contributed by atoms with van der Waals surface area (Å²) in [7, 11) is 0. The second-order valence-electron chi connectivity index (χ2n) is 6.35. The lowest BCUT2D eigenvalue weighted by molar-refractivity contribution is -0.114. The first kappa shape index (κ1) is 19.7. The van der Waals surface area contributed by atoms with Gasteiger partial charge in [-0.2, -0.15) is 0 Å². The molecule has 0 aliphatic rings. The lowest BCUT2D eigenvalue weighted by Crippen LogP contribution is -2.11. The zero-order valence-corrected chi connectivity index (χ0v) is 17.5. The number of hydrogen-bond donors (Lipinski definition) is 3. The number of carbonyl (C=O) groups is 2. The van der Waals surface area contributed by atoms with Gasteiger partial charge in [-0.1, -0.05) is 41.7 Å². The third kappa shape index (κ3) is 4.37. The number of nitrogen functional groups attached to an aromatic ring is 1. The fourth-order valence-electron chi connectivity index (χ4n) is 2.75. The second kappa shape index (κ2) is 8.44. The molecule has 4 N–H and O–H groups in total. The van der Waals surface area contributed by atoms with E-state index in [2.05, 4.69) is 20.6 Å². The Morgan fingerprint density at radius 3 is 2.57 bits per heavy atom. The van der Waals surface area contributed by atoms with Gasteiger partial charge in [-0.25, -0.2) is 9.97 Å². The van der Waals surface area contributed by atoms with Gasteiger partial charge in [-0.05, 0) is 24.3 Å². The first-order valence-corrected chi connectivity index (χ1v) is 10.7. The van der Waals surface area contributed by atoms with Gasteiger partial charge < -0.3 is 16.4 Å². The average Bonchev–Trinajstić information content (AvgIpc) is 3.35. The highest BCUT2D eigenvalue weighted by Gasteiger charge is 2.16. The van der Waals surface area contributed by atoms with E-state index in [4.69, 9.17) is 5.73 Å². The molecule has 0 saturated heterocycles. The van der Waals surface area contributed by atoms with Crippen molar-refractivity contribution in [3.05, 3.63) is 65.5 Å². The molecule has 4 aromatic rings. The molecule has 4 rings (SSSR count). The molecule has 9 heteroatoms. The number of nitrogens with one attached hydrogen (secondary N) is 2. The van der Waals surface area contributed by atoms with Crippen LogP contribution in [0.4, 0.5) is 16.6 Å². The van der Waals surface area contributed by atoms with Crippen LogP contribution in [-0.2, 0) is 4.79 Å². The van der Waals surface area contributed by atoms with Crippen LogP contribution >= 0.6 is 22.7 Å². The van der Waals surface area contributed by atoms with E-state index in [1.165, 1.54) is 29.6 Å². The summed E-state index contributed by atoms with van der Waals surface area (Å²) in [5.74, 6) is -0.0485. The van der Waals surface area contributed by atoms with Crippen LogP contribution in [0, 0.1) is 0 Å². The van der Waals surface area contributed by atoms with Crippen molar-refractivity contribution in [1.29, 1.82) is 0 Å². The molecule has 0 aliphatic heterocycles. The minimum atomic E-state index is -0.204. The quantitative estimate of drug-likeness (QED) is 0.420. The zero-order valence-electron chi connectivity index (χ0n) is 15.9. The van der Waals surface area contributed by atoms with E-state index < -0.39 is 0 Å². The van der Waals surface area contributed by atoms with E-state index >= 15 is 0 Å². The van der Waals surface area contributed by atoms with Crippen LogP contribution in [0.1, 0.15) is 17.3 Å².